The van der Waals surface area contributed by atoms with Gasteiger partial charge in [0.2, 0.25) is 0 Å². The molecule has 2 saturated heterocycles. The minimum atomic E-state index is 0.223. The molecule has 2 aliphatic heterocycles. The van der Waals surface area contributed by atoms with E-state index in [0.717, 1.165) is 18.8 Å². The number of hydrogen-bond donors (Lipinski definition) is 1. The second-order valence-electron chi connectivity index (χ2n) is 5.72. The van der Waals surface area contributed by atoms with Gasteiger partial charge >= 0.3 is 0 Å². The van der Waals surface area contributed by atoms with Gasteiger partial charge in [-0.2, -0.15) is 0 Å². The van der Waals surface area contributed by atoms with Crippen LogP contribution < -0.4 is 5.73 Å². The molecule has 19 heavy (non-hydrogen) atoms. The number of rotatable bonds is 3. The van der Waals surface area contributed by atoms with E-state index in [2.05, 4.69) is 26.7 Å². The zero-order chi connectivity index (χ0) is 13.2. The monoisotopic (exact) mass is 261 g/mol. The molecule has 3 rings (SSSR count). The third kappa shape index (κ3) is 2.50. The minimum absolute atomic E-state index is 0.223. The summed E-state index contributed by atoms with van der Waals surface area (Å²) in [6.45, 7) is 6.47. The van der Waals surface area contributed by atoms with E-state index >= 15 is 0 Å². The summed E-state index contributed by atoms with van der Waals surface area (Å²) in [5, 5.41) is 0. The summed E-state index contributed by atoms with van der Waals surface area (Å²) >= 11 is 0. The summed E-state index contributed by atoms with van der Waals surface area (Å²) < 4.78 is 0. The molecule has 0 radical (unpaired) electrons. The fourth-order valence-electron chi connectivity index (χ4n) is 3.57. The Kier molecular flexibility index (Phi) is 3.77. The van der Waals surface area contributed by atoms with Gasteiger partial charge in [0.15, 0.2) is 0 Å². The van der Waals surface area contributed by atoms with E-state index in [0.29, 0.717) is 18.6 Å². The van der Waals surface area contributed by atoms with Crippen LogP contribution in [0.15, 0.2) is 18.6 Å². The van der Waals surface area contributed by atoms with Gasteiger partial charge in [-0.25, -0.2) is 9.97 Å². The quantitative estimate of drug-likeness (QED) is 0.865. The van der Waals surface area contributed by atoms with Crippen LogP contribution in [0, 0.1) is 0 Å². The average molecular weight is 261 g/mol. The van der Waals surface area contributed by atoms with Crippen molar-refractivity contribution >= 4 is 0 Å². The topological polar surface area (TPSA) is 58.3 Å². The zero-order valence-electron chi connectivity index (χ0n) is 11.6. The van der Waals surface area contributed by atoms with E-state index in [1.165, 1.54) is 19.4 Å². The van der Waals surface area contributed by atoms with Crippen molar-refractivity contribution in [1.29, 1.82) is 0 Å². The number of nitrogens with zero attached hydrogens (tertiary/aromatic N) is 4. The van der Waals surface area contributed by atoms with Gasteiger partial charge in [-0.15, -0.1) is 0 Å². The number of aromatic nitrogens is 2. The van der Waals surface area contributed by atoms with E-state index < -0.39 is 0 Å². The highest BCUT2D eigenvalue weighted by Crippen LogP contribution is 2.29. The van der Waals surface area contributed by atoms with E-state index in [9.17, 15) is 0 Å². The van der Waals surface area contributed by atoms with Crippen LogP contribution in [0.4, 0.5) is 0 Å². The molecular weight excluding hydrogens is 238 g/mol. The molecule has 2 N–H and O–H groups in total. The molecule has 0 amide bonds. The van der Waals surface area contributed by atoms with Crippen molar-refractivity contribution in [2.24, 2.45) is 5.73 Å². The van der Waals surface area contributed by atoms with Crippen molar-refractivity contribution in [3.05, 3.63) is 24.3 Å². The fourth-order valence-corrected chi connectivity index (χ4v) is 3.57. The van der Waals surface area contributed by atoms with Crippen LogP contribution in [0.5, 0.6) is 0 Å². The first kappa shape index (κ1) is 13.0. The van der Waals surface area contributed by atoms with Gasteiger partial charge in [-0.05, 0) is 32.4 Å². The van der Waals surface area contributed by atoms with Crippen LogP contribution in [-0.4, -0.2) is 58.0 Å². The summed E-state index contributed by atoms with van der Waals surface area (Å²) in [6, 6.07) is 3.47. The van der Waals surface area contributed by atoms with Gasteiger partial charge in [0.1, 0.15) is 6.33 Å². The number of nitrogens with two attached hydrogens (primary N) is 1. The maximum atomic E-state index is 6.02. The Hall–Kier alpha value is -1.04. The van der Waals surface area contributed by atoms with Crippen molar-refractivity contribution in [3.63, 3.8) is 0 Å². The maximum absolute atomic E-state index is 6.02. The molecule has 5 heteroatoms. The SMILES string of the molecule is CC1CN2CCCC2CN1C(CN)c1ccncn1. The molecule has 3 unspecified atom stereocenters. The van der Waals surface area contributed by atoms with Crippen molar-refractivity contribution in [1.82, 2.24) is 19.8 Å². The smallest absolute Gasteiger partial charge is 0.115 e. The first-order chi connectivity index (χ1) is 9.29. The highest BCUT2D eigenvalue weighted by molar-refractivity contribution is 5.08. The lowest BCUT2D eigenvalue weighted by Crippen LogP contribution is -2.56. The standard InChI is InChI=1S/C14H23N5/c1-11-8-18-6-2-3-12(18)9-19(11)14(7-15)13-4-5-16-10-17-13/h4-5,10-12,14H,2-3,6-9,15H2,1H3. The normalized spacial score (nSPS) is 30.2. The van der Waals surface area contributed by atoms with Crippen molar-refractivity contribution < 1.29 is 0 Å². The van der Waals surface area contributed by atoms with E-state index in [1.54, 1.807) is 6.33 Å². The van der Waals surface area contributed by atoms with Crippen LogP contribution in [0.1, 0.15) is 31.5 Å². The van der Waals surface area contributed by atoms with Crippen LogP contribution >= 0.6 is 0 Å². The zero-order valence-corrected chi connectivity index (χ0v) is 11.6. The van der Waals surface area contributed by atoms with Crippen LogP contribution in [-0.2, 0) is 0 Å². The third-order valence-electron chi connectivity index (χ3n) is 4.56. The Balaban J connectivity index is 1.79. The molecule has 2 aliphatic rings. The van der Waals surface area contributed by atoms with Crippen molar-refractivity contribution in [2.45, 2.75) is 37.9 Å². The highest BCUT2D eigenvalue weighted by Gasteiger charge is 2.37. The lowest BCUT2D eigenvalue weighted by atomic mass is 10.0. The minimum Gasteiger partial charge on any atom is -0.329 e. The van der Waals surface area contributed by atoms with Gasteiger partial charge in [0.05, 0.1) is 11.7 Å². The van der Waals surface area contributed by atoms with Gasteiger partial charge in [-0.1, -0.05) is 0 Å². The summed E-state index contributed by atoms with van der Waals surface area (Å²) in [5.41, 5.74) is 7.07. The Labute approximate surface area is 114 Å². The molecule has 0 aromatic carbocycles. The second kappa shape index (κ2) is 5.53. The van der Waals surface area contributed by atoms with Gasteiger partial charge in [0.25, 0.3) is 0 Å². The van der Waals surface area contributed by atoms with Gasteiger partial charge in [-0.3, -0.25) is 9.80 Å². The highest BCUT2D eigenvalue weighted by atomic mass is 15.3. The molecule has 3 atom stereocenters. The Bertz CT molecular complexity index is 410. The largest absolute Gasteiger partial charge is 0.329 e. The van der Waals surface area contributed by atoms with Crippen molar-refractivity contribution in [3.8, 4) is 0 Å². The molecule has 1 aromatic heterocycles. The number of piperazine rings is 1. The molecule has 0 aliphatic carbocycles. The molecule has 5 nitrogen and oxygen atoms in total. The van der Waals surface area contributed by atoms with Crippen molar-refractivity contribution in [2.75, 3.05) is 26.2 Å². The summed E-state index contributed by atoms with van der Waals surface area (Å²) in [5.74, 6) is 0. The molecule has 104 valence electrons. The average Bonchev–Trinajstić information content (AvgIpc) is 2.88. The number of fused-ring (bicyclic) bond motifs is 1. The molecule has 3 heterocycles. The molecule has 0 spiro atoms. The first-order valence-electron chi connectivity index (χ1n) is 7.25. The first-order valence-corrected chi connectivity index (χ1v) is 7.25. The third-order valence-corrected chi connectivity index (χ3v) is 4.56. The molecule has 2 fully saturated rings. The van der Waals surface area contributed by atoms with E-state index in [-0.39, 0.29) is 6.04 Å². The Morgan fingerprint density at radius 3 is 3.11 bits per heavy atom. The second-order valence-corrected chi connectivity index (χ2v) is 5.72. The van der Waals surface area contributed by atoms with Crippen LogP contribution in [0.2, 0.25) is 0 Å². The van der Waals surface area contributed by atoms with Crippen LogP contribution in [0.25, 0.3) is 0 Å². The van der Waals surface area contributed by atoms with Gasteiger partial charge < -0.3 is 5.73 Å². The van der Waals surface area contributed by atoms with Crippen LogP contribution in [0.3, 0.4) is 0 Å². The van der Waals surface area contributed by atoms with E-state index in [4.69, 9.17) is 5.73 Å². The Morgan fingerprint density at radius 1 is 1.47 bits per heavy atom. The van der Waals surface area contributed by atoms with Gasteiger partial charge in [0, 0.05) is 37.9 Å². The fraction of sp³-hybridized carbons (Fsp3) is 0.714. The summed E-state index contributed by atoms with van der Waals surface area (Å²) in [7, 11) is 0. The molecule has 0 saturated carbocycles. The number of hydrogen-bond acceptors (Lipinski definition) is 5. The summed E-state index contributed by atoms with van der Waals surface area (Å²) in [4.78, 5) is 13.6. The lowest BCUT2D eigenvalue weighted by Gasteiger charge is -2.45. The predicted octanol–water partition coefficient (Wildman–Crippen LogP) is 0.645. The van der Waals surface area contributed by atoms with E-state index in [1.807, 2.05) is 12.3 Å². The summed E-state index contributed by atoms with van der Waals surface area (Å²) in [6.07, 6.45) is 6.09. The lowest BCUT2D eigenvalue weighted by molar-refractivity contribution is 0.0283. The molecule has 1 aromatic rings. The molecular formula is C14H23N5. The maximum Gasteiger partial charge on any atom is 0.115 e. The Morgan fingerprint density at radius 2 is 2.37 bits per heavy atom. The molecule has 0 bridgehead atoms. The predicted molar refractivity (Wildman–Crippen MR) is 74.6 cm³/mol.